The van der Waals surface area contributed by atoms with Crippen LogP contribution in [0.15, 0.2) is 53.0 Å². The monoisotopic (exact) mass is 460 g/mol. The number of aryl methyl sites for hydroxylation is 1. The topological polar surface area (TPSA) is 58.6 Å². The summed E-state index contributed by atoms with van der Waals surface area (Å²) < 4.78 is 6.59. The van der Waals surface area contributed by atoms with Gasteiger partial charge in [0.25, 0.3) is 5.91 Å². The molecule has 5 nitrogen and oxygen atoms in total. The Morgan fingerprint density at radius 3 is 2.28 bits per heavy atom. The summed E-state index contributed by atoms with van der Waals surface area (Å²) in [5.74, 6) is 0.206. The highest BCUT2D eigenvalue weighted by Gasteiger charge is 2.27. The Morgan fingerprint density at radius 2 is 1.69 bits per heavy atom. The lowest BCUT2D eigenvalue weighted by atomic mass is 10.1. The number of halogens is 1. The van der Waals surface area contributed by atoms with Gasteiger partial charge < -0.3 is 15.0 Å². The highest BCUT2D eigenvalue weighted by molar-refractivity contribution is 9.10. The molecule has 1 N–H and O–H groups in total. The second-order valence-electron chi connectivity index (χ2n) is 7.24. The lowest BCUT2D eigenvalue weighted by Crippen LogP contribution is -2.50. The molecule has 0 bridgehead atoms. The number of carbonyl (C=O) groups is 2. The maximum atomic E-state index is 13.0. The summed E-state index contributed by atoms with van der Waals surface area (Å²) in [4.78, 5) is 27.2. The van der Waals surface area contributed by atoms with Gasteiger partial charge in [-0.15, -0.1) is 0 Å². The van der Waals surface area contributed by atoms with E-state index < -0.39 is 6.04 Å². The second-order valence-corrected chi connectivity index (χ2v) is 8.16. The molecule has 0 unspecified atom stereocenters. The molecule has 2 atom stereocenters. The van der Waals surface area contributed by atoms with Gasteiger partial charge >= 0.3 is 0 Å². The minimum atomic E-state index is -0.605. The first-order chi connectivity index (χ1) is 13.8. The molecule has 6 heteroatoms. The van der Waals surface area contributed by atoms with Crippen LogP contribution < -0.4 is 10.1 Å². The molecule has 0 aliphatic heterocycles. The first-order valence-corrected chi connectivity index (χ1v) is 10.6. The highest BCUT2D eigenvalue weighted by Crippen LogP contribution is 2.17. The van der Waals surface area contributed by atoms with E-state index in [4.69, 9.17) is 4.74 Å². The van der Waals surface area contributed by atoms with Crippen molar-refractivity contribution in [1.82, 2.24) is 10.2 Å². The largest absolute Gasteiger partial charge is 0.484 e. The van der Waals surface area contributed by atoms with Gasteiger partial charge in [0, 0.05) is 17.1 Å². The van der Waals surface area contributed by atoms with Crippen molar-refractivity contribution in [2.75, 3.05) is 6.61 Å². The predicted molar refractivity (Wildman–Crippen MR) is 119 cm³/mol. The first-order valence-electron chi connectivity index (χ1n) is 9.84. The number of nitrogens with zero attached hydrogens (tertiary/aromatic N) is 1. The predicted octanol–water partition coefficient (Wildman–Crippen LogP) is 4.47. The van der Waals surface area contributed by atoms with Crippen molar-refractivity contribution < 1.29 is 14.3 Å². The van der Waals surface area contributed by atoms with E-state index in [1.807, 2.05) is 57.2 Å². The SMILES string of the molecule is CC[C@@H](C)NC(=O)[C@H](C)N(Cc1ccc(C)cc1)C(=O)COc1ccc(Br)cc1. The molecular formula is C23H29BrN2O3. The van der Waals surface area contributed by atoms with Gasteiger partial charge in [0.05, 0.1) is 0 Å². The zero-order valence-electron chi connectivity index (χ0n) is 17.4. The Balaban J connectivity index is 2.13. The fourth-order valence-electron chi connectivity index (χ4n) is 2.70. The van der Waals surface area contributed by atoms with E-state index in [9.17, 15) is 9.59 Å². The summed E-state index contributed by atoms with van der Waals surface area (Å²) in [6.45, 7) is 7.95. The van der Waals surface area contributed by atoms with E-state index in [1.165, 1.54) is 0 Å². The molecule has 2 rings (SSSR count). The van der Waals surface area contributed by atoms with Gasteiger partial charge in [-0.25, -0.2) is 0 Å². The van der Waals surface area contributed by atoms with Gasteiger partial charge in [-0.1, -0.05) is 52.7 Å². The van der Waals surface area contributed by atoms with Crippen LogP contribution in [0.2, 0.25) is 0 Å². The average Bonchev–Trinajstić information content (AvgIpc) is 2.72. The zero-order chi connectivity index (χ0) is 21.4. The number of rotatable bonds is 9. The first kappa shape index (κ1) is 22.9. The van der Waals surface area contributed by atoms with Crippen LogP contribution >= 0.6 is 15.9 Å². The Kier molecular flexibility index (Phi) is 8.70. The number of hydrogen-bond donors (Lipinski definition) is 1. The Bertz CT molecular complexity index is 806. The van der Waals surface area contributed by atoms with Crippen molar-refractivity contribution in [1.29, 1.82) is 0 Å². The average molecular weight is 461 g/mol. The minimum absolute atomic E-state index is 0.0558. The Morgan fingerprint density at radius 1 is 1.07 bits per heavy atom. The molecule has 0 aliphatic rings. The van der Waals surface area contributed by atoms with Crippen molar-refractivity contribution in [2.45, 2.75) is 52.7 Å². The Hall–Kier alpha value is -2.34. The number of carbonyl (C=O) groups excluding carboxylic acids is 2. The molecule has 29 heavy (non-hydrogen) atoms. The summed E-state index contributed by atoms with van der Waals surface area (Å²) in [5.41, 5.74) is 2.11. The van der Waals surface area contributed by atoms with Crippen LogP contribution in [-0.2, 0) is 16.1 Å². The molecule has 0 radical (unpaired) electrons. The van der Waals surface area contributed by atoms with E-state index in [0.29, 0.717) is 12.3 Å². The number of amides is 2. The molecule has 2 aromatic rings. The maximum absolute atomic E-state index is 13.0. The zero-order valence-corrected chi connectivity index (χ0v) is 19.0. The van der Waals surface area contributed by atoms with Gasteiger partial charge in [-0.2, -0.15) is 0 Å². The molecule has 0 fully saturated rings. The van der Waals surface area contributed by atoms with Gasteiger partial charge in [0.15, 0.2) is 6.61 Å². The third kappa shape index (κ3) is 7.20. The lowest BCUT2D eigenvalue weighted by Gasteiger charge is -2.29. The molecular weight excluding hydrogens is 432 g/mol. The van der Waals surface area contributed by atoms with E-state index in [1.54, 1.807) is 24.0 Å². The fraction of sp³-hybridized carbons (Fsp3) is 0.391. The normalized spacial score (nSPS) is 12.7. The van der Waals surface area contributed by atoms with E-state index >= 15 is 0 Å². The summed E-state index contributed by atoms with van der Waals surface area (Å²) in [7, 11) is 0. The molecule has 0 heterocycles. The molecule has 0 saturated carbocycles. The van der Waals surface area contributed by atoms with Crippen molar-refractivity contribution in [2.24, 2.45) is 0 Å². The molecule has 156 valence electrons. The number of ether oxygens (including phenoxy) is 1. The van der Waals surface area contributed by atoms with Crippen molar-refractivity contribution >= 4 is 27.7 Å². The van der Waals surface area contributed by atoms with Gasteiger partial charge in [0.2, 0.25) is 5.91 Å². The summed E-state index contributed by atoms with van der Waals surface area (Å²) in [6.07, 6.45) is 0.830. The third-order valence-corrected chi connectivity index (χ3v) is 5.35. The van der Waals surface area contributed by atoms with Crippen LogP contribution in [0.3, 0.4) is 0 Å². The lowest BCUT2D eigenvalue weighted by molar-refractivity contribution is -0.142. The maximum Gasteiger partial charge on any atom is 0.261 e. The second kappa shape index (κ2) is 11.0. The van der Waals surface area contributed by atoms with Crippen LogP contribution in [0.5, 0.6) is 5.75 Å². The third-order valence-electron chi connectivity index (χ3n) is 4.82. The summed E-state index contributed by atoms with van der Waals surface area (Å²) >= 11 is 3.38. The molecule has 2 amide bonds. The van der Waals surface area contributed by atoms with Crippen LogP contribution in [0.1, 0.15) is 38.3 Å². The van der Waals surface area contributed by atoms with E-state index in [-0.39, 0.29) is 24.5 Å². The fourth-order valence-corrected chi connectivity index (χ4v) is 2.96. The minimum Gasteiger partial charge on any atom is -0.484 e. The van der Waals surface area contributed by atoms with Gasteiger partial charge in [-0.05, 0) is 57.0 Å². The standard InChI is InChI=1S/C23H29BrN2O3/c1-5-17(3)25-23(28)18(4)26(14-19-8-6-16(2)7-9-19)22(27)15-29-21-12-10-20(24)11-13-21/h6-13,17-18H,5,14-15H2,1-4H3,(H,25,28)/t17-,18+/m1/s1. The van der Waals surface area contributed by atoms with E-state index in [2.05, 4.69) is 21.2 Å². The number of hydrogen-bond acceptors (Lipinski definition) is 3. The van der Waals surface area contributed by atoms with Crippen molar-refractivity contribution in [3.63, 3.8) is 0 Å². The van der Waals surface area contributed by atoms with Gasteiger partial charge in [0.1, 0.15) is 11.8 Å². The Labute approximate surface area is 181 Å². The van der Waals surface area contributed by atoms with Gasteiger partial charge in [-0.3, -0.25) is 9.59 Å². The molecule has 0 aliphatic carbocycles. The van der Waals surface area contributed by atoms with Crippen LogP contribution in [0.4, 0.5) is 0 Å². The molecule has 0 aromatic heterocycles. The molecule has 0 spiro atoms. The smallest absolute Gasteiger partial charge is 0.261 e. The van der Waals surface area contributed by atoms with Crippen molar-refractivity contribution in [3.05, 3.63) is 64.1 Å². The summed E-state index contributed by atoms with van der Waals surface area (Å²) in [6, 6.07) is 14.7. The highest BCUT2D eigenvalue weighted by atomic mass is 79.9. The van der Waals surface area contributed by atoms with Crippen molar-refractivity contribution in [3.8, 4) is 5.75 Å². The number of benzene rings is 2. The summed E-state index contributed by atoms with van der Waals surface area (Å²) in [5, 5.41) is 2.96. The van der Waals surface area contributed by atoms with Crippen LogP contribution in [0, 0.1) is 6.92 Å². The number of nitrogens with one attached hydrogen (secondary N) is 1. The van der Waals surface area contributed by atoms with Crippen LogP contribution in [0.25, 0.3) is 0 Å². The molecule has 0 saturated heterocycles. The quantitative estimate of drug-likeness (QED) is 0.600. The van der Waals surface area contributed by atoms with E-state index in [0.717, 1.165) is 22.0 Å². The molecule has 2 aromatic carbocycles. The van der Waals surface area contributed by atoms with Crippen LogP contribution in [-0.4, -0.2) is 35.4 Å².